The number of ether oxygens (including phenoxy) is 1. The molecule has 0 aromatic carbocycles. The van der Waals surface area contributed by atoms with E-state index in [0.29, 0.717) is 0 Å². The summed E-state index contributed by atoms with van der Waals surface area (Å²) in [5.41, 5.74) is 0. The third-order valence-electron chi connectivity index (χ3n) is 2.94. The highest BCUT2D eigenvalue weighted by atomic mass is 35.5. The van der Waals surface area contributed by atoms with Crippen molar-refractivity contribution in [1.29, 1.82) is 0 Å². The lowest BCUT2D eigenvalue weighted by molar-refractivity contribution is -0.144. The van der Waals surface area contributed by atoms with E-state index in [1.165, 1.54) is 0 Å². The van der Waals surface area contributed by atoms with Crippen LogP contribution in [-0.2, 0) is 9.53 Å². The van der Waals surface area contributed by atoms with Crippen molar-refractivity contribution >= 4 is 18.4 Å². The number of aliphatic carboxylic acids is 1. The van der Waals surface area contributed by atoms with Gasteiger partial charge in [0, 0.05) is 13.2 Å². The lowest BCUT2D eigenvalue weighted by atomic mass is 10.0. The molecule has 0 aromatic rings. The van der Waals surface area contributed by atoms with Crippen molar-refractivity contribution in [1.82, 2.24) is 4.90 Å². The van der Waals surface area contributed by atoms with Crippen LogP contribution in [0.25, 0.3) is 0 Å². The first-order valence-electron chi connectivity index (χ1n) is 6.19. The SMILES string of the molecule is CC(C)OCCCN1CCCCC1C(=O)O.Cl. The van der Waals surface area contributed by atoms with E-state index < -0.39 is 5.97 Å². The summed E-state index contributed by atoms with van der Waals surface area (Å²) < 4.78 is 5.45. The minimum atomic E-state index is -0.676. The van der Waals surface area contributed by atoms with E-state index in [0.717, 1.165) is 45.4 Å². The van der Waals surface area contributed by atoms with E-state index in [1.807, 2.05) is 13.8 Å². The van der Waals surface area contributed by atoms with Gasteiger partial charge in [-0.15, -0.1) is 12.4 Å². The first-order chi connectivity index (χ1) is 7.61. The molecular weight excluding hydrogens is 242 g/mol. The molecule has 4 nitrogen and oxygen atoms in total. The first-order valence-corrected chi connectivity index (χ1v) is 6.19. The third kappa shape index (κ3) is 6.24. The highest BCUT2D eigenvalue weighted by Crippen LogP contribution is 2.17. The van der Waals surface area contributed by atoms with Gasteiger partial charge in [0.25, 0.3) is 0 Å². The average molecular weight is 266 g/mol. The minimum Gasteiger partial charge on any atom is -0.480 e. The Bertz CT molecular complexity index is 224. The van der Waals surface area contributed by atoms with Crippen LogP contribution in [0, 0.1) is 0 Å². The van der Waals surface area contributed by atoms with Gasteiger partial charge < -0.3 is 9.84 Å². The molecule has 0 spiro atoms. The second kappa shape index (κ2) is 8.72. The summed E-state index contributed by atoms with van der Waals surface area (Å²) in [4.78, 5) is 13.1. The zero-order valence-corrected chi connectivity index (χ0v) is 11.5. The van der Waals surface area contributed by atoms with Crippen molar-refractivity contribution in [3.05, 3.63) is 0 Å². The molecule has 1 fully saturated rings. The van der Waals surface area contributed by atoms with Gasteiger partial charge in [-0.3, -0.25) is 9.69 Å². The molecule has 0 amide bonds. The van der Waals surface area contributed by atoms with Gasteiger partial charge in [0.05, 0.1) is 6.10 Å². The fourth-order valence-corrected chi connectivity index (χ4v) is 2.12. The predicted molar refractivity (Wildman–Crippen MR) is 69.8 cm³/mol. The van der Waals surface area contributed by atoms with Gasteiger partial charge in [0.2, 0.25) is 0 Å². The Morgan fingerprint density at radius 2 is 2.18 bits per heavy atom. The smallest absolute Gasteiger partial charge is 0.320 e. The number of piperidine rings is 1. The van der Waals surface area contributed by atoms with Gasteiger partial charge in [-0.1, -0.05) is 6.42 Å². The number of carbonyl (C=O) groups is 1. The molecular formula is C12H24ClNO3. The number of halogens is 1. The van der Waals surface area contributed by atoms with Crippen LogP contribution in [0.1, 0.15) is 39.5 Å². The Kier molecular flexibility index (Phi) is 8.56. The maximum absolute atomic E-state index is 11.0. The van der Waals surface area contributed by atoms with Gasteiger partial charge in [-0.2, -0.15) is 0 Å². The molecule has 1 aliphatic heterocycles. The molecule has 1 aliphatic rings. The van der Waals surface area contributed by atoms with E-state index in [9.17, 15) is 4.79 Å². The van der Waals surface area contributed by atoms with E-state index in [2.05, 4.69) is 4.90 Å². The van der Waals surface area contributed by atoms with Crippen molar-refractivity contribution in [2.45, 2.75) is 51.7 Å². The number of carboxylic acid groups (broad SMARTS) is 1. The van der Waals surface area contributed by atoms with Crippen molar-refractivity contribution in [2.75, 3.05) is 19.7 Å². The van der Waals surface area contributed by atoms with Crippen molar-refractivity contribution in [3.8, 4) is 0 Å². The Balaban J connectivity index is 0.00000256. The molecule has 1 rings (SSSR count). The zero-order valence-electron chi connectivity index (χ0n) is 10.7. The molecule has 0 saturated carbocycles. The fourth-order valence-electron chi connectivity index (χ4n) is 2.12. The van der Waals surface area contributed by atoms with Crippen molar-refractivity contribution < 1.29 is 14.6 Å². The molecule has 1 atom stereocenters. The summed E-state index contributed by atoms with van der Waals surface area (Å²) in [5, 5.41) is 9.08. The number of likely N-dealkylation sites (tertiary alicyclic amines) is 1. The zero-order chi connectivity index (χ0) is 12.0. The lowest BCUT2D eigenvalue weighted by Crippen LogP contribution is -2.45. The minimum absolute atomic E-state index is 0. The van der Waals surface area contributed by atoms with Crippen LogP contribution in [0.5, 0.6) is 0 Å². The van der Waals surface area contributed by atoms with E-state index in [-0.39, 0.29) is 24.6 Å². The van der Waals surface area contributed by atoms with Crippen molar-refractivity contribution in [2.24, 2.45) is 0 Å². The molecule has 0 radical (unpaired) electrons. The van der Waals surface area contributed by atoms with Crippen LogP contribution in [0.2, 0.25) is 0 Å². The molecule has 5 heteroatoms. The van der Waals surface area contributed by atoms with E-state index in [1.54, 1.807) is 0 Å². The number of carboxylic acids is 1. The largest absolute Gasteiger partial charge is 0.480 e. The quantitative estimate of drug-likeness (QED) is 0.748. The monoisotopic (exact) mass is 265 g/mol. The maximum Gasteiger partial charge on any atom is 0.320 e. The standard InChI is InChI=1S/C12H23NO3.ClH/c1-10(2)16-9-5-8-13-7-4-3-6-11(13)12(14)15;/h10-11H,3-9H2,1-2H3,(H,14,15);1H. The summed E-state index contributed by atoms with van der Waals surface area (Å²) in [6, 6.07) is -0.271. The maximum atomic E-state index is 11.0. The fraction of sp³-hybridized carbons (Fsp3) is 0.917. The molecule has 17 heavy (non-hydrogen) atoms. The Labute approximate surface area is 110 Å². The van der Waals surface area contributed by atoms with Crippen molar-refractivity contribution in [3.63, 3.8) is 0 Å². The first kappa shape index (κ1) is 16.7. The lowest BCUT2D eigenvalue weighted by Gasteiger charge is -2.32. The van der Waals surface area contributed by atoms with E-state index in [4.69, 9.17) is 9.84 Å². The topological polar surface area (TPSA) is 49.8 Å². The van der Waals surface area contributed by atoms with Crippen LogP contribution < -0.4 is 0 Å². The van der Waals surface area contributed by atoms with Crippen LogP contribution in [0.4, 0.5) is 0 Å². The molecule has 1 heterocycles. The normalized spacial score (nSPS) is 21.2. The Hall–Kier alpha value is -0.320. The summed E-state index contributed by atoms with van der Waals surface area (Å²) in [5.74, 6) is -0.676. The van der Waals surface area contributed by atoms with E-state index >= 15 is 0 Å². The summed E-state index contributed by atoms with van der Waals surface area (Å²) >= 11 is 0. The second-order valence-corrected chi connectivity index (χ2v) is 4.66. The van der Waals surface area contributed by atoms with Crippen LogP contribution >= 0.6 is 12.4 Å². The number of rotatable bonds is 6. The highest BCUT2D eigenvalue weighted by molar-refractivity contribution is 5.85. The molecule has 0 aromatic heterocycles. The Morgan fingerprint density at radius 3 is 2.76 bits per heavy atom. The molecule has 102 valence electrons. The molecule has 0 aliphatic carbocycles. The predicted octanol–water partition coefficient (Wildman–Crippen LogP) is 2.16. The molecule has 1 unspecified atom stereocenters. The summed E-state index contributed by atoms with van der Waals surface area (Å²) in [6.07, 6.45) is 4.13. The summed E-state index contributed by atoms with van der Waals surface area (Å²) in [6.45, 7) is 6.50. The molecule has 0 bridgehead atoms. The van der Waals surface area contributed by atoms with Gasteiger partial charge >= 0.3 is 5.97 Å². The average Bonchev–Trinajstić information content (AvgIpc) is 2.24. The third-order valence-corrected chi connectivity index (χ3v) is 2.94. The van der Waals surface area contributed by atoms with Gasteiger partial charge in [-0.25, -0.2) is 0 Å². The van der Waals surface area contributed by atoms with Crippen LogP contribution in [0.15, 0.2) is 0 Å². The second-order valence-electron chi connectivity index (χ2n) is 4.66. The number of hydrogen-bond acceptors (Lipinski definition) is 3. The molecule has 1 N–H and O–H groups in total. The molecule has 1 saturated heterocycles. The van der Waals surface area contributed by atoms with Crippen LogP contribution in [0.3, 0.4) is 0 Å². The van der Waals surface area contributed by atoms with Gasteiger partial charge in [0.15, 0.2) is 0 Å². The summed E-state index contributed by atoms with van der Waals surface area (Å²) in [7, 11) is 0. The van der Waals surface area contributed by atoms with Gasteiger partial charge in [-0.05, 0) is 39.7 Å². The Morgan fingerprint density at radius 1 is 1.47 bits per heavy atom. The number of nitrogens with zero attached hydrogens (tertiary/aromatic N) is 1. The van der Waals surface area contributed by atoms with Crippen LogP contribution in [-0.4, -0.2) is 47.8 Å². The highest BCUT2D eigenvalue weighted by Gasteiger charge is 2.27. The number of hydrogen-bond donors (Lipinski definition) is 1. The van der Waals surface area contributed by atoms with Gasteiger partial charge in [0.1, 0.15) is 6.04 Å².